The summed E-state index contributed by atoms with van der Waals surface area (Å²) >= 11 is 2.48. The van der Waals surface area contributed by atoms with E-state index in [0.717, 1.165) is 11.8 Å². The third kappa shape index (κ3) is 2.80. The van der Waals surface area contributed by atoms with E-state index in [9.17, 15) is 14.9 Å². The minimum atomic E-state index is -0.468. The Hall–Kier alpha value is -1.60. The molecular weight excluding hydrogens is 272 g/mol. The van der Waals surface area contributed by atoms with E-state index in [-0.39, 0.29) is 10.8 Å². The van der Waals surface area contributed by atoms with Crippen LogP contribution in [0.4, 0.5) is 5.69 Å². The minimum absolute atomic E-state index is 0.00322. The lowest BCUT2D eigenvalue weighted by atomic mass is 10.2. The fourth-order valence-electron chi connectivity index (χ4n) is 1.36. The lowest BCUT2D eigenvalue weighted by molar-refractivity contribution is -0.384. The topological polar surface area (TPSA) is 72.6 Å². The molecule has 0 unspecified atom stereocenters. The molecule has 0 aromatic heterocycles. The molecule has 0 radical (unpaired) electrons. The highest BCUT2D eigenvalue weighted by molar-refractivity contribution is 8.45. The summed E-state index contributed by atoms with van der Waals surface area (Å²) in [6.07, 6.45) is 3.40. The van der Waals surface area contributed by atoms with E-state index in [1.165, 1.54) is 23.9 Å². The summed E-state index contributed by atoms with van der Waals surface area (Å²) < 4.78 is 0.691. The van der Waals surface area contributed by atoms with Crippen molar-refractivity contribution in [2.75, 3.05) is 6.26 Å². The molecule has 92 valence electrons. The minimum Gasteiger partial charge on any atom is -0.279 e. The van der Waals surface area contributed by atoms with Gasteiger partial charge in [0.05, 0.1) is 4.92 Å². The summed E-state index contributed by atoms with van der Waals surface area (Å²) in [5.74, 6) is 0. The Morgan fingerprint density at radius 1 is 1.50 bits per heavy atom. The van der Waals surface area contributed by atoms with Crippen LogP contribution in [0.1, 0.15) is 5.56 Å². The van der Waals surface area contributed by atoms with Crippen LogP contribution >= 0.6 is 23.5 Å². The number of carbonyl (C=O) groups is 1. The third-order valence-corrected chi connectivity index (χ3v) is 4.01. The van der Waals surface area contributed by atoms with Crippen LogP contribution < -0.4 is 0 Å². The third-order valence-electron chi connectivity index (χ3n) is 2.16. The van der Waals surface area contributed by atoms with Gasteiger partial charge in [0.2, 0.25) is 5.12 Å². The average Bonchev–Trinajstić information content (AvgIpc) is 2.70. The summed E-state index contributed by atoms with van der Waals surface area (Å²) in [7, 11) is 0. The van der Waals surface area contributed by atoms with Crippen LogP contribution in [-0.2, 0) is 4.79 Å². The molecule has 0 aliphatic carbocycles. The smallest absolute Gasteiger partial charge is 0.270 e. The van der Waals surface area contributed by atoms with Crippen molar-refractivity contribution in [3.63, 3.8) is 0 Å². The fourth-order valence-corrected chi connectivity index (χ4v) is 2.62. The lowest BCUT2D eigenvalue weighted by Gasteiger charge is -1.95. The van der Waals surface area contributed by atoms with E-state index in [4.69, 9.17) is 0 Å². The normalized spacial score (nSPS) is 17.1. The van der Waals surface area contributed by atoms with Gasteiger partial charge in [-0.3, -0.25) is 14.9 Å². The summed E-state index contributed by atoms with van der Waals surface area (Å²) in [4.78, 5) is 25.9. The van der Waals surface area contributed by atoms with Gasteiger partial charge in [-0.2, -0.15) is 0 Å². The Balaban J connectivity index is 2.33. The molecule has 1 aliphatic heterocycles. The molecule has 0 spiro atoms. The quantitative estimate of drug-likeness (QED) is 0.473. The number of aliphatic imine (C=N–C) groups is 1. The molecule has 1 aromatic carbocycles. The first-order valence-corrected chi connectivity index (χ1v) is 6.95. The number of nitro groups is 1. The maximum Gasteiger partial charge on any atom is 0.270 e. The summed E-state index contributed by atoms with van der Waals surface area (Å²) in [6.45, 7) is 0. The standard InChI is InChI=1S/C11H8N2O3S2/c1-17-11-12-9(10(14)18-11)6-7-3-2-4-8(5-7)13(15)16/h2-6H,1H3/b9-6-. The monoisotopic (exact) mass is 280 g/mol. The molecule has 0 N–H and O–H groups in total. The summed E-state index contributed by atoms with van der Waals surface area (Å²) in [6, 6.07) is 6.10. The van der Waals surface area contributed by atoms with Crippen LogP contribution in [0.5, 0.6) is 0 Å². The number of rotatable bonds is 2. The predicted molar refractivity (Wildman–Crippen MR) is 74.6 cm³/mol. The Bertz CT molecular complexity index is 581. The second-order valence-corrected chi connectivity index (χ2v) is 5.37. The second kappa shape index (κ2) is 5.36. The molecule has 1 heterocycles. The second-order valence-electron chi connectivity index (χ2n) is 3.35. The van der Waals surface area contributed by atoms with E-state index in [1.807, 2.05) is 6.26 Å². The highest BCUT2D eigenvalue weighted by atomic mass is 32.2. The molecule has 2 rings (SSSR count). The van der Waals surface area contributed by atoms with Crippen molar-refractivity contribution in [1.29, 1.82) is 0 Å². The Morgan fingerprint density at radius 2 is 2.28 bits per heavy atom. The average molecular weight is 280 g/mol. The van der Waals surface area contributed by atoms with E-state index < -0.39 is 4.92 Å². The van der Waals surface area contributed by atoms with E-state index in [0.29, 0.717) is 15.6 Å². The molecule has 7 heteroatoms. The number of nitro benzene ring substituents is 1. The van der Waals surface area contributed by atoms with Gasteiger partial charge < -0.3 is 0 Å². The lowest BCUT2D eigenvalue weighted by Crippen LogP contribution is -1.90. The van der Waals surface area contributed by atoms with Crippen molar-refractivity contribution < 1.29 is 9.72 Å². The maximum atomic E-state index is 11.6. The molecule has 0 bridgehead atoms. The Labute approximate surface area is 112 Å². The van der Waals surface area contributed by atoms with Gasteiger partial charge >= 0.3 is 0 Å². The van der Waals surface area contributed by atoms with Crippen molar-refractivity contribution in [2.45, 2.75) is 0 Å². The van der Waals surface area contributed by atoms with E-state index in [2.05, 4.69) is 4.99 Å². The molecule has 0 atom stereocenters. The summed E-state index contributed by atoms with van der Waals surface area (Å²) in [5, 5.41) is 10.5. The Kier molecular flexibility index (Phi) is 3.83. The van der Waals surface area contributed by atoms with Crippen molar-refractivity contribution >= 4 is 44.8 Å². The van der Waals surface area contributed by atoms with Crippen LogP contribution in [0.3, 0.4) is 0 Å². The molecule has 0 fully saturated rings. The van der Waals surface area contributed by atoms with E-state index in [1.54, 1.807) is 18.2 Å². The zero-order valence-corrected chi connectivity index (χ0v) is 11.0. The van der Waals surface area contributed by atoms with Gasteiger partial charge in [-0.1, -0.05) is 12.1 Å². The van der Waals surface area contributed by atoms with Crippen LogP contribution in [0.25, 0.3) is 6.08 Å². The zero-order chi connectivity index (χ0) is 13.1. The predicted octanol–water partition coefficient (Wildman–Crippen LogP) is 2.93. The van der Waals surface area contributed by atoms with Crippen LogP contribution in [-0.4, -0.2) is 20.7 Å². The molecule has 18 heavy (non-hydrogen) atoms. The number of thioether (sulfide) groups is 2. The molecule has 1 aliphatic rings. The van der Waals surface area contributed by atoms with Gasteiger partial charge in [-0.25, -0.2) is 4.99 Å². The number of hydrogen-bond donors (Lipinski definition) is 0. The first-order chi connectivity index (χ1) is 8.60. The first-order valence-electron chi connectivity index (χ1n) is 4.91. The largest absolute Gasteiger partial charge is 0.279 e. The molecule has 5 nitrogen and oxygen atoms in total. The molecule has 0 saturated carbocycles. The maximum absolute atomic E-state index is 11.6. The highest BCUT2D eigenvalue weighted by Crippen LogP contribution is 2.30. The summed E-state index contributed by atoms with van der Waals surface area (Å²) in [5.41, 5.74) is 0.917. The van der Waals surface area contributed by atoms with Gasteiger partial charge in [-0.15, -0.1) is 11.8 Å². The van der Waals surface area contributed by atoms with Crippen LogP contribution in [0.2, 0.25) is 0 Å². The van der Waals surface area contributed by atoms with Gasteiger partial charge in [0.25, 0.3) is 5.69 Å². The number of carbonyl (C=O) groups excluding carboxylic acids is 1. The molecular formula is C11H8N2O3S2. The van der Waals surface area contributed by atoms with Crippen molar-refractivity contribution in [1.82, 2.24) is 0 Å². The number of nitrogens with zero attached hydrogens (tertiary/aromatic N) is 2. The van der Waals surface area contributed by atoms with Gasteiger partial charge in [0.1, 0.15) is 10.1 Å². The molecule has 0 saturated heterocycles. The van der Waals surface area contributed by atoms with Crippen LogP contribution in [0.15, 0.2) is 35.0 Å². The van der Waals surface area contributed by atoms with Gasteiger partial charge in [0, 0.05) is 12.1 Å². The molecule has 1 aromatic rings. The highest BCUT2D eigenvalue weighted by Gasteiger charge is 2.21. The molecule has 0 amide bonds. The van der Waals surface area contributed by atoms with Gasteiger partial charge in [0.15, 0.2) is 0 Å². The van der Waals surface area contributed by atoms with Crippen molar-refractivity contribution in [3.05, 3.63) is 45.6 Å². The fraction of sp³-hybridized carbons (Fsp3) is 0.0909. The zero-order valence-electron chi connectivity index (χ0n) is 9.32. The number of benzene rings is 1. The Morgan fingerprint density at radius 3 is 2.89 bits per heavy atom. The van der Waals surface area contributed by atoms with Crippen LogP contribution in [0, 0.1) is 10.1 Å². The first kappa shape index (κ1) is 12.8. The van der Waals surface area contributed by atoms with Crippen molar-refractivity contribution in [3.8, 4) is 0 Å². The van der Waals surface area contributed by atoms with Gasteiger partial charge in [-0.05, 0) is 29.7 Å². The van der Waals surface area contributed by atoms with Crippen molar-refractivity contribution in [2.24, 2.45) is 4.99 Å². The number of hydrogen-bond acceptors (Lipinski definition) is 6. The SMILES string of the molecule is CSC1=N/C(=C\c2cccc([N+](=O)[O-])c2)C(=O)S1. The number of non-ortho nitro benzene ring substituents is 1. The van der Waals surface area contributed by atoms with E-state index >= 15 is 0 Å².